The fraction of sp³-hybridized carbons (Fsp3) is 0.500. The molecule has 2 N–H and O–H groups in total. The zero-order valence-corrected chi connectivity index (χ0v) is 10.0. The highest BCUT2D eigenvalue weighted by atomic mass is 16.2. The molecule has 1 rings (SSSR count). The summed E-state index contributed by atoms with van der Waals surface area (Å²) in [5.74, 6) is 0.0188. The molecule has 0 fully saturated rings. The number of pyridine rings is 1. The molecule has 2 atom stereocenters. The molecule has 16 heavy (non-hydrogen) atoms. The Bertz CT molecular complexity index is 326. The summed E-state index contributed by atoms with van der Waals surface area (Å²) in [7, 11) is 0. The average Bonchev–Trinajstić information content (AvgIpc) is 2.30. The van der Waals surface area contributed by atoms with Crippen molar-refractivity contribution in [2.24, 2.45) is 0 Å². The van der Waals surface area contributed by atoms with E-state index in [4.69, 9.17) is 0 Å². The molecule has 0 aromatic carbocycles. The molecule has 0 saturated heterocycles. The maximum atomic E-state index is 11.5. The lowest BCUT2D eigenvalue weighted by atomic mass is 10.2. The van der Waals surface area contributed by atoms with Crippen LogP contribution >= 0.6 is 0 Å². The highest BCUT2D eigenvalue weighted by Crippen LogP contribution is 2.08. The first-order valence-corrected chi connectivity index (χ1v) is 5.59. The van der Waals surface area contributed by atoms with Crippen LogP contribution in [0.1, 0.15) is 32.5 Å². The van der Waals surface area contributed by atoms with Crippen molar-refractivity contribution >= 4 is 5.91 Å². The van der Waals surface area contributed by atoms with Gasteiger partial charge in [-0.05, 0) is 32.9 Å². The normalized spacial score (nSPS) is 14.2. The second-order valence-corrected chi connectivity index (χ2v) is 3.76. The fourth-order valence-corrected chi connectivity index (χ4v) is 1.50. The van der Waals surface area contributed by atoms with Gasteiger partial charge in [0.25, 0.3) is 0 Å². The van der Waals surface area contributed by atoms with Gasteiger partial charge in [0.1, 0.15) is 0 Å². The summed E-state index contributed by atoms with van der Waals surface area (Å²) in [6, 6.07) is 5.62. The highest BCUT2D eigenvalue weighted by Gasteiger charge is 2.15. The van der Waals surface area contributed by atoms with Gasteiger partial charge in [0, 0.05) is 18.8 Å². The number of carbonyl (C=O) groups excluding carboxylic acids is 1. The van der Waals surface area contributed by atoms with E-state index in [0.717, 1.165) is 5.69 Å². The number of amides is 1. The number of hydrogen-bond acceptors (Lipinski definition) is 3. The van der Waals surface area contributed by atoms with E-state index in [9.17, 15) is 4.79 Å². The number of nitrogens with one attached hydrogen (secondary N) is 2. The number of nitrogens with zero attached hydrogens (tertiary/aromatic N) is 1. The third-order valence-electron chi connectivity index (χ3n) is 2.38. The lowest BCUT2D eigenvalue weighted by molar-refractivity contribution is -0.122. The first-order valence-electron chi connectivity index (χ1n) is 5.59. The van der Waals surface area contributed by atoms with E-state index >= 15 is 0 Å². The van der Waals surface area contributed by atoms with Gasteiger partial charge >= 0.3 is 0 Å². The van der Waals surface area contributed by atoms with Crippen molar-refractivity contribution in [1.29, 1.82) is 0 Å². The molecule has 0 radical (unpaired) electrons. The van der Waals surface area contributed by atoms with Gasteiger partial charge in [-0.1, -0.05) is 6.07 Å². The molecule has 0 saturated carbocycles. The van der Waals surface area contributed by atoms with Gasteiger partial charge in [-0.25, -0.2) is 0 Å². The molecule has 0 spiro atoms. The molecule has 0 aliphatic heterocycles. The molecule has 1 aromatic rings. The average molecular weight is 221 g/mol. The van der Waals surface area contributed by atoms with Crippen LogP contribution in [0.3, 0.4) is 0 Å². The number of hydrogen-bond donors (Lipinski definition) is 2. The molecule has 0 aliphatic carbocycles. The summed E-state index contributed by atoms with van der Waals surface area (Å²) in [4.78, 5) is 15.8. The first kappa shape index (κ1) is 12.6. The smallest absolute Gasteiger partial charge is 0.236 e. The van der Waals surface area contributed by atoms with Gasteiger partial charge in [0.05, 0.1) is 11.7 Å². The standard InChI is InChI=1S/C12H19N3O/c1-4-13-12(16)10(3)15-9(2)11-7-5-6-8-14-11/h5-10,15H,4H2,1-3H3,(H,13,16)/t9-,10?/m0/s1. The highest BCUT2D eigenvalue weighted by molar-refractivity contribution is 5.81. The van der Waals surface area contributed by atoms with Gasteiger partial charge in [-0.3, -0.25) is 15.1 Å². The van der Waals surface area contributed by atoms with Crippen molar-refractivity contribution in [3.05, 3.63) is 30.1 Å². The molecule has 1 amide bonds. The zero-order valence-electron chi connectivity index (χ0n) is 10.0. The topological polar surface area (TPSA) is 54.0 Å². The van der Waals surface area contributed by atoms with E-state index in [2.05, 4.69) is 15.6 Å². The largest absolute Gasteiger partial charge is 0.355 e. The van der Waals surface area contributed by atoms with Crippen molar-refractivity contribution in [3.63, 3.8) is 0 Å². The monoisotopic (exact) mass is 221 g/mol. The molecule has 0 aliphatic rings. The first-order chi connectivity index (χ1) is 7.65. The van der Waals surface area contributed by atoms with E-state index < -0.39 is 0 Å². The number of carbonyl (C=O) groups is 1. The van der Waals surface area contributed by atoms with Crippen molar-refractivity contribution in [2.75, 3.05) is 6.54 Å². The molecule has 1 aromatic heterocycles. The molecule has 4 nitrogen and oxygen atoms in total. The fourth-order valence-electron chi connectivity index (χ4n) is 1.50. The Hall–Kier alpha value is -1.42. The predicted octanol–water partition coefficient (Wildman–Crippen LogP) is 1.26. The van der Waals surface area contributed by atoms with Crippen LogP contribution in [0.25, 0.3) is 0 Å². The third kappa shape index (κ3) is 3.62. The second-order valence-electron chi connectivity index (χ2n) is 3.76. The quantitative estimate of drug-likeness (QED) is 0.787. The Morgan fingerprint density at radius 1 is 1.44 bits per heavy atom. The lowest BCUT2D eigenvalue weighted by Crippen LogP contribution is -2.43. The van der Waals surface area contributed by atoms with Crippen molar-refractivity contribution in [2.45, 2.75) is 32.9 Å². The summed E-state index contributed by atoms with van der Waals surface area (Å²) in [5, 5.41) is 5.99. The van der Waals surface area contributed by atoms with E-state index in [1.54, 1.807) is 6.20 Å². The van der Waals surface area contributed by atoms with E-state index in [1.165, 1.54) is 0 Å². The third-order valence-corrected chi connectivity index (χ3v) is 2.38. The molecular formula is C12H19N3O. The summed E-state index contributed by atoms with van der Waals surface area (Å²) in [5.41, 5.74) is 0.943. The van der Waals surface area contributed by atoms with E-state index in [0.29, 0.717) is 6.54 Å². The van der Waals surface area contributed by atoms with Crippen LogP contribution in [0.4, 0.5) is 0 Å². The van der Waals surface area contributed by atoms with Crippen LogP contribution in [0.2, 0.25) is 0 Å². The summed E-state index contributed by atoms with van der Waals surface area (Å²) >= 11 is 0. The van der Waals surface area contributed by atoms with Gasteiger partial charge in [-0.2, -0.15) is 0 Å². The van der Waals surface area contributed by atoms with E-state index in [1.807, 2.05) is 39.0 Å². The van der Waals surface area contributed by atoms with Gasteiger partial charge in [-0.15, -0.1) is 0 Å². The number of aromatic nitrogens is 1. The second kappa shape index (κ2) is 6.23. The van der Waals surface area contributed by atoms with Crippen LogP contribution in [-0.4, -0.2) is 23.5 Å². The Kier molecular flexibility index (Phi) is 4.92. The zero-order chi connectivity index (χ0) is 12.0. The SMILES string of the molecule is CCNC(=O)C(C)N[C@@H](C)c1ccccn1. The summed E-state index contributed by atoms with van der Waals surface area (Å²) < 4.78 is 0. The molecule has 1 unspecified atom stereocenters. The molecular weight excluding hydrogens is 202 g/mol. The molecule has 88 valence electrons. The molecule has 1 heterocycles. The van der Waals surface area contributed by atoms with Gasteiger partial charge < -0.3 is 5.32 Å². The Labute approximate surface area is 96.5 Å². The van der Waals surface area contributed by atoms with Crippen LogP contribution in [0.5, 0.6) is 0 Å². The predicted molar refractivity (Wildman–Crippen MR) is 63.9 cm³/mol. The minimum atomic E-state index is -0.211. The van der Waals surface area contributed by atoms with Gasteiger partial charge in [0.2, 0.25) is 5.91 Å². The maximum Gasteiger partial charge on any atom is 0.236 e. The van der Waals surface area contributed by atoms with Gasteiger partial charge in [0.15, 0.2) is 0 Å². The summed E-state index contributed by atoms with van der Waals surface area (Å²) in [6.07, 6.45) is 1.75. The number of likely N-dealkylation sites (N-methyl/N-ethyl adjacent to an activating group) is 1. The van der Waals surface area contributed by atoms with Crippen molar-refractivity contribution < 1.29 is 4.79 Å². The minimum absolute atomic E-state index is 0.0188. The van der Waals surface area contributed by atoms with Crippen LogP contribution < -0.4 is 10.6 Å². The van der Waals surface area contributed by atoms with Crippen molar-refractivity contribution in [1.82, 2.24) is 15.6 Å². The minimum Gasteiger partial charge on any atom is -0.355 e. The Morgan fingerprint density at radius 2 is 2.19 bits per heavy atom. The van der Waals surface area contributed by atoms with Crippen molar-refractivity contribution in [3.8, 4) is 0 Å². The Morgan fingerprint density at radius 3 is 2.75 bits per heavy atom. The maximum absolute atomic E-state index is 11.5. The number of rotatable bonds is 5. The Balaban J connectivity index is 2.51. The molecule has 0 bridgehead atoms. The van der Waals surface area contributed by atoms with Crippen LogP contribution in [0, 0.1) is 0 Å². The summed E-state index contributed by atoms with van der Waals surface area (Å²) in [6.45, 7) is 6.41. The van der Waals surface area contributed by atoms with Crippen LogP contribution in [0.15, 0.2) is 24.4 Å². The lowest BCUT2D eigenvalue weighted by Gasteiger charge is -2.18. The van der Waals surface area contributed by atoms with E-state index in [-0.39, 0.29) is 18.0 Å². The molecule has 4 heteroatoms. The van der Waals surface area contributed by atoms with Crippen LogP contribution in [-0.2, 0) is 4.79 Å².